The zero-order chi connectivity index (χ0) is 23.8. The van der Waals surface area contributed by atoms with Crippen molar-refractivity contribution in [1.29, 1.82) is 0 Å². The summed E-state index contributed by atoms with van der Waals surface area (Å²) in [6.45, 7) is 5.36. The van der Waals surface area contributed by atoms with Crippen molar-refractivity contribution >= 4 is 23.7 Å². The van der Waals surface area contributed by atoms with Crippen LogP contribution in [0.1, 0.15) is 26.3 Å². The molecule has 2 aliphatic rings. The van der Waals surface area contributed by atoms with E-state index >= 15 is 0 Å². The SMILES string of the molecule is Cc1ccc(OC2CCCN(C(=O)CN3[CH]C(=[NH+]C(=O)CCOc4ccccc4)C=N3)C2)cc1.[HH]. The summed E-state index contributed by atoms with van der Waals surface area (Å²) in [6, 6.07) is 17.3. The monoisotopic (exact) mass is 464 g/mol. The number of carbonyl (C=O) groups excluding carboxylic acids is 2. The maximum absolute atomic E-state index is 12.8. The Labute approximate surface area is 201 Å². The van der Waals surface area contributed by atoms with Crippen molar-refractivity contribution in [2.45, 2.75) is 32.3 Å². The van der Waals surface area contributed by atoms with E-state index in [9.17, 15) is 9.59 Å². The Hall–Kier alpha value is -3.68. The maximum atomic E-state index is 12.8. The van der Waals surface area contributed by atoms with Gasteiger partial charge in [0.05, 0.1) is 6.54 Å². The molecule has 1 N–H and O–H groups in total. The highest BCUT2D eigenvalue weighted by molar-refractivity contribution is 6.33. The van der Waals surface area contributed by atoms with Crippen LogP contribution in [0.3, 0.4) is 0 Å². The average molecular weight is 465 g/mol. The quantitative estimate of drug-likeness (QED) is 0.641. The summed E-state index contributed by atoms with van der Waals surface area (Å²) in [6.07, 6.45) is 3.56. The molecular weight excluding hydrogens is 432 g/mol. The number of hydrogen-bond acceptors (Lipinski definition) is 6. The second kappa shape index (κ2) is 11.4. The first-order valence-electron chi connectivity index (χ1n) is 11.6. The smallest absolute Gasteiger partial charge is 0.389 e. The largest absolute Gasteiger partial charge is 0.493 e. The molecule has 2 heterocycles. The van der Waals surface area contributed by atoms with E-state index in [1.54, 1.807) is 17.8 Å². The zero-order valence-corrected chi connectivity index (χ0v) is 19.4. The predicted octanol–water partition coefficient (Wildman–Crippen LogP) is 1.59. The van der Waals surface area contributed by atoms with Gasteiger partial charge in [0.15, 0.2) is 6.54 Å². The standard InChI is InChI=1S/C26H29N4O4.H2/c1-20-9-11-23(12-10-20)34-24-8-5-14-29(18-24)26(32)19-30-17-21(16-27-30)28-25(31)13-15-33-22-6-3-2-4-7-22;/h2-4,6-7,9-12,16-17,24H,5,8,13-15,18-19H2,1H3;1H/p+1. The van der Waals surface area contributed by atoms with Crippen LogP contribution < -0.4 is 14.5 Å². The number of rotatable bonds is 8. The van der Waals surface area contributed by atoms with E-state index in [0.717, 1.165) is 24.3 Å². The third-order valence-corrected chi connectivity index (χ3v) is 5.61. The minimum Gasteiger partial charge on any atom is -0.493 e. The Bertz CT molecular complexity index is 1040. The van der Waals surface area contributed by atoms with Gasteiger partial charge < -0.3 is 14.4 Å². The lowest BCUT2D eigenvalue weighted by Gasteiger charge is -2.33. The maximum Gasteiger partial charge on any atom is 0.389 e. The third-order valence-electron chi connectivity index (χ3n) is 5.61. The lowest BCUT2D eigenvalue weighted by Crippen LogP contribution is -2.78. The predicted molar refractivity (Wildman–Crippen MR) is 131 cm³/mol. The first-order chi connectivity index (χ1) is 16.5. The van der Waals surface area contributed by atoms with Crippen molar-refractivity contribution in [3.63, 3.8) is 0 Å². The van der Waals surface area contributed by atoms with E-state index in [4.69, 9.17) is 9.47 Å². The van der Waals surface area contributed by atoms with Gasteiger partial charge in [-0.1, -0.05) is 35.9 Å². The highest BCUT2D eigenvalue weighted by Gasteiger charge is 2.28. The molecule has 34 heavy (non-hydrogen) atoms. The van der Waals surface area contributed by atoms with Crippen LogP contribution in [-0.4, -0.2) is 66.0 Å². The fourth-order valence-corrected chi connectivity index (χ4v) is 3.83. The summed E-state index contributed by atoms with van der Waals surface area (Å²) in [7, 11) is 0. The first kappa shape index (κ1) is 23.5. The zero-order valence-electron chi connectivity index (χ0n) is 19.4. The summed E-state index contributed by atoms with van der Waals surface area (Å²) in [5, 5.41) is 5.76. The van der Waals surface area contributed by atoms with Crippen LogP contribution in [-0.2, 0) is 9.59 Å². The van der Waals surface area contributed by atoms with E-state index in [1.807, 2.05) is 66.4 Å². The number of para-hydroxylation sites is 1. The van der Waals surface area contributed by atoms with Gasteiger partial charge in [-0.05, 0) is 44.0 Å². The van der Waals surface area contributed by atoms with Gasteiger partial charge >= 0.3 is 5.91 Å². The van der Waals surface area contributed by atoms with Crippen molar-refractivity contribution in [2.24, 2.45) is 5.10 Å². The molecule has 0 aromatic heterocycles. The van der Waals surface area contributed by atoms with Gasteiger partial charge in [0.1, 0.15) is 43.4 Å². The average Bonchev–Trinajstić information content (AvgIpc) is 3.28. The number of hydrazone groups is 1. The Balaban J connectivity index is 0.00000342. The number of aryl methyl sites for hydroxylation is 1. The van der Waals surface area contributed by atoms with Gasteiger partial charge in [0.2, 0.25) is 11.6 Å². The Morgan fingerprint density at radius 3 is 2.71 bits per heavy atom. The van der Waals surface area contributed by atoms with Crippen LogP contribution in [0.25, 0.3) is 0 Å². The molecule has 0 spiro atoms. The second-order valence-electron chi connectivity index (χ2n) is 8.42. The normalized spacial score (nSPS) is 18.9. The molecule has 1 saturated heterocycles. The molecule has 0 saturated carbocycles. The van der Waals surface area contributed by atoms with Gasteiger partial charge in [0, 0.05) is 7.97 Å². The second-order valence-corrected chi connectivity index (χ2v) is 8.42. The number of benzene rings is 2. The van der Waals surface area contributed by atoms with Gasteiger partial charge in [-0.15, -0.1) is 0 Å². The molecule has 8 heteroatoms. The molecule has 0 aliphatic carbocycles. The van der Waals surface area contributed by atoms with Gasteiger partial charge in [-0.3, -0.25) is 9.80 Å². The molecule has 179 valence electrons. The van der Waals surface area contributed by atoms with Crippen LogP contribution in [0.15, 0.2) is 59.7 Å². The minimum atomic E-state index is -0.172. The van der Waals surface area contributed by atoms with E-state index in [0.29, 0.717) is 18.8 Å². The van der Waals surface area contributed by atoms with E-state index in [-0.39, 0.29) is 38.9 Å². The first-order valence-corrected chi connectivity index (χ1v) is 11.6. The topological polar surface area (TPSA) is 85.4 Å². The van der Waals surface area contributed by atoms with Gasteiger partial charge in [-0.2, -0.15) is 10.1 Å². The molecule has 1 atom stereocenters. The molecule has 4 rings (SSSR count). The summed E-state index contributed by atoms with van der Waals surface area (Å²) in [5.74, 6) is 1.36. The van der Waals surface area contributed by atoms with Crippen molar-refractivity contribution in [2.75, 3.05) is 26.2 Å². The lowest BCUT2D eigenvalue weighted by atomic mass is 10.1. The Morgan fingerprint density at radius 1 is 1.12 bits per heavy atom. The molecular formula is C26H32N4O4+. The van der Waals surface area contributed by atoms with E-state index < -0.39 is 0 Å². The fourth-order valence-electron chi connectivity index (χ4n) is 3.83. The highest BCUT2D eigenvalue weighted by Crippen LogP contribution is 2.19. The van der Waals surface area contributed by atoms with Crippen LogP contribution in [0.4, 0.5) is 0 Å². The summed E-state index contributed by atoms with van der Waals surface area (Å²) in [5.41, 5.74) is 1.74. The van der Waals surface area contributed by atoms with Crippen molar-refractivity contribution in [3.8, 4) is 11.5 Å². The number of likely N-dealkylation sites (tertiary alicyclic amines) is 1. The molecule has 2 aliphatic heterocycles. The van der Waals surface area contributed by atoms with E-state index in [2.05, 4.69) is 10.1 Å². The molecule has 2 aromatic rings. The number of hydrogen-bond donors (Lipinski definition) is 1. The number of piperidine rings is 1. The number of nitrogens with one attached hydrogen (secondary N) is 1. The summed E-state index contributed by atoms with van der Waals surface area (Å²) in [4.78, 5) is 29.6. The summed E-state index contributed by atoms with van der Waals surface area (Å²) < 4.78 is 11.6. The van der Waals surface area contributed by atoms with Crippen LogP contribution >= 0.6 is 0 Å². The molecule has 0 bridgehead atoms. The number of nitrogens with zero attached hydrogens (tertiary/aromatic N) is 3. The number of ether oxygens (including phenoxy) is 2. The van der Waals surface area contributed by atoms with Crippen molar-refractivity contribution in [1.82, 2.24) is 9.91 Å². The molecule has 1 radical (unpaired) electrons. The van der Waals surface area contributed by atoms with Gasteiger partial charge in [-0.25, -0.2) is 4.79 Å². The highest BCUT2D eigenvalue weighted by atomic mass is 16.5. The number of carbonyl (C=O) groups is 2. The fraction of sp³-hybridized carbons (Fsp3) is 0.346. The lowest BCUT2D eigenvalue weighted by molar-refractivity contribution is -0.376. The molecule has 8 nitrogen and oxygen atoms in total. The Morgan fingerprint density at radius 2 is 1.91 bits per heavy atom. The van der Waals surface area contributed by atoms with E-state index in [1.165, 1.54) is 5.56 Å². The van der Waals surface area contributed by atoms with Crippen LogP contribution in [0, 0.1) is 13.5 Å². The molecule has 2 amide bonds. The van der Waals surface area contributed by atoms with Crippen LogP contribution in [0.5, 0.6) is 11.5 Å². The molecule has 2 aromatic carbocycles. The molecule has 1 unspecified atom stereocenters. The Kier molecular flexibility index (Phi) is 7.91. The minimum absolute atomic E-state index is 0. The summed E-state index contributed by atoms with van der Waals surface area (Å²) >= 11 is 0. The van der Waals surface area contributed by atoms with Crippen molar-refractivity contribution in [3.05, 3.63) is 66.7 Å². The number of amides is 2. The molecule has 1 fully saturated rings. The van der Waals surface area contributed by atoms with Crippen molar-refractivity contribution < 1.29 is 25.5 Å². The third kappa shape index (κ3) is 6.91. The van der Waals surface area contributed by atoms with Gasteiger partial charge in [0.25, 0.3) is 0 Å². The van der Waals surface area contributed by atoms with Crippen LogP contribution in [0.2, 0.25) is 0 Å².